The molecule has 0 aromatic heterocycles. The van der Waals surface area contributed by atoms with Crippen LogP contribution in [0, 0.1) is 0 Å². The molecular formula is C25H22N4O4. The molecule has 2 heterocycles. The van der Waals surface area contributed by atoms with Gasteiger partial charge in [-0.05, 0) is 41.5 Å². The maximum Gasteiger partial charge on any atom is 0.325 e. The van der Waals surface area contributed by atoms with Crippen LogP contribution in [0.15, 0.2) is 66.7 Å². The van der Waals surface area contributed by atoms with Crippen LogP contribution in [0.1, 0.15) is 18.9 Å². The standard InChI is InChI=1S/C25H22N4O4/c1-25(18-11-10-16-6-2-3-7-17(16)14-18)23(32)29(24(33)27-25)15-22(31)28-13-12-21(30)26-19-8-4-5-9-20(19)28/h2-11,14H,12-13,15H2,1H3,(H,26,30)(H,27,33). The average molecular weight is 442 g/mol. The molecule has 166 valence electrons. The van der Waals surface area contributed by atoms with Crippen molar-refractivity contribution in [3.05, 3.63) is 72.3 Å². The monoisotopic (exact) mass is 442 g/mol. The van der Waals surface area contributed by atoms with E-state index < -0.39 is 29.9 Å². The number of hydrogen-bond acceptors (Lipinski definition) is 4. The number of benzene rings is 3. The third-order valence-corrected chi connectivity index (χ3v) is 6.23. The van der Waals surface area contributed by atoms with Gasteiger partial charge in [-0.1, -0.05) is 48.5 Å². The Morgan fingerprint density at radius 1 is 0.970 bits per heavy atom. The number of hydrogen-bond donors (Lipinski definition) is 2. The topological polar surface area (TPSA) is 98.8 Å². The fourth-order valence-electron chi connectivity index (χ4n) is 4.38. The van der Waals surface area contributed by atoms with Crippen LogP contribution in [0.2, 0.25) is 0 Å². The molecule has 1 saturated heterocycles. The Kier molecular flexibility index (Phi) is 4.85. The zero-order valence-corrected chi connectivity index (χ0v) is 18.0. The highest BCUT2D eigenvalue weighted by molar-refractivity contribution is 6.12. The quantitative estimate of drug-likeness (QED) is 0.609. The van der Waals surface area contributed by atoms with E-state index in [-0.39, 0.29) is 18.9 Å². The van der Waals surface area contributed by atoms with Crippen LogP contribution in [0.4, 0.5) is 16.2 Å². The number of imide groups is 1. The highest BCUT2D eigenvalue weighted by Crippen LogP contribution is 2.32. The number of nitrogens with zero attached hydrogens (tertiary/aromatic N) is 2. The van der Waals surface area contributed by atoms with E-state index in [9.17, 15) is 19.2 Å². The van der Waals surface area contributed by atoms with E-state index in [2.05, 4.69) is 10.6 Å². The van der Waals surface area contributed by atoms with Crippen molar-refractivity contribution in [3.63, 3.8) is 0 Å². The van der Waals surface area contributed by atoms with Gasteiger partial charge in [-0.25, -0.2) is 4.79 Å². The van der Waals surface area contributed by atoms with Gasteiger partial charge in [0.1, 0.15) is 12.1 Å². The molecule has 8 heteroatoms. The number of rotatable bonds is 3. The van der Waals surface area contributed by atoms with Crippen molar-refractivity contribution >= 4 is 45.9 Å². The van der Waals surface area contributed by atoms with Gasteiger partial charge in [0, 0.05) is 13.0 Å². The largest absolute Gasteiger partial charge is 0.325 e. The summed E-state index contributed by atoms with van der Waals surface area (Å²) in [5.74, 6) is -1.13. The fourth-order valence-corrected chi connectivity index (χ4v) is 4.38. The summed E-state index contributed by atoms with van der Waals surface area (Å²) in [6.45, 7) is 1.38. The summed E-state index contributed by atoms with van der Waals surface area (Å²) in [6, 6.07) is 19.7. The van der Waals surface area contributed by atoms with Crippen molar-refractivity contribution in [1.29, 1.82) is 0 Å². The smallest absolute Gasteiger partial charge is 0.324 e. The lowest BCUT2D eigenvalue weighted by Gasteiger charge is -2.25. The summed E-state index contributed by atoms with van der Waals surface area (Å²) >= 11 is 0. The Bertz CT molecular complexity index is 1320. The van der Waals surface area contributed by atoms with Crippen molar-refractivity contribution in [2.75, 3.05) is 23.3 Å². The molecule has 5 rings (SSSR count). The number of carbonyl (C=O) groups excluding carboxylic acids is 4. The summed E-state index contributed by atoms with van der Waals surface area (Å²) in [5.41, 5.74) is 0.420. The molecule has 0 spiro atoms. The predicted molar refractivity (Wildman–Crippen MR) is 124 cm³/mol. The lowest BCUT2D eigenvalue weighted by atomic mass is 9.90. The van der Waals surface area contributed by atoms with Crippen LogP contribution in [0.5, 0.6) is 0 Å². The van der Waals surface area contributed by atoms with Crippen LogP contribution >= 0.6 is 0 Å². The normalized spacial score (nSPS) is 20.3. The molecule has 0 aliphatic carbocycles. The zero-order chi connectivity index (χ0) is 23.2. The van der Waals surface area contributed by atoms with E-state index in [1.54, 1.807) is 31.2 Å². The zero-order valence-electron chi connectivity index (χ0n) is 18.0. The van der Waals surface area contributed by atoms with Crippen LogP contribution in [-0.2, 0) is 19.9 Å². The van der Waals surface area contributed by atoms with Crippen molar-refractivity contribution in [3.8, 4) is 0 Å². The first-order valence-electron chi connectivity index (χ1n) is 10.7. The second-order valence-electron chi connectivity index (χ2n) is 8.37. The molecule has 1 atom stereocenters. The minimum atomic E-state index is -1.28. The summed E-state index contributed by atoms with van der Waals surface area (Å²) < 4.78 is 0. The van der Waals surface area contributed by atoms with E-state index in [0.29, 0.717) is 16.9 Å². The molecule has 2 N–H and O–H groups in total. The van der Waals surface area contributed by atoms with Crippen LogP contribution in [0.3, 0.4) is 0 Å². The Labute approximate surface area is 190 Å². The Hall–Kier alpha value is -4.20. The summed E-state index contributed by atoms with van der Waals surface area (Å²) in [4.78, 5) is 53.8. The van der Waals surface area contributed by atoms with Crippen molar-refractivity contribution in [2.24, 2.45) is 0 Å². The van der Waals surface area contributed by atoms with Gasteiger partial charge in [-0.2, -0.15) is 0 Å². The third-order valence-electron chi connectivity index (χ3n) is 6.23. The van der Waals surface area contributed by atoms with Crippen molar-refractivity contribution < 1.29 is 19.2 Å². The van der Waals surface area contributed by atoms with Crippen molar-refractivity contribution in [1.82, 2.24) is 10.2 Å². The second kappa shape index (κ2) is 7.74. The van der Waals surface area contributed by atoms with Gasteiger partial charge >= 0.3 is 6.03 Å². The number of carbonyl (C=O) groups is 4. The molecule has 2 aliphatic heterocycles. The minimum Gasteiger partial charge on any atom is -0.324 e. The predicted octanol–water partition coefficient (Wildman–Crippen LogP) is 2.98. The average Bonchev–Trinajstić information content (AvgIpc) is 2.94. The molecule has 2 aliphatic rings. The number of amides is 5. The fraction of sp³-hybridized carbons (Fsp3) is 0.200. The summed E-state index contributed by atoms with van der Waals surface area (Å²) in [7, 11) is 0. The number of anilines is 2. The van der Waals surface area contributed by atoms with E-state index in [1.807, 2.05) is 42.5 Å². The Balaban J connectivity index is 1.41. The van der Waals surface area contributed by atoms with Gasteiger partial charge in [0.15, 0.2) is 0 Å². The lowest BCUT2D eigenvalue weighted by Crippen LogP contribution is -2.45. The van der Waals surface area contributed by atoms with Crippen molar-refractivity contribution in [2.45, 2.75) is 18.9 Å². The molecule has 1 fully saturated rings. The molecule has 0 radical (unpaired) electrons. The van der Waals surface area contributed by atoms with E-state index in [1.165, 1.54) is 4.90 Å². The maximum atomic E-state index is 13.4. The third kappa shape index (κ3) is 3.49. The molecule has 5 amide bonds. The second-order valence-corrected chi connectivity index (χ2v) is 8.37. The SMILES string of the molecule is CC1(c2ccc3ccccc3c2)NC(=O)N(CC(=O)N2CCC(=O)Nc3ccccc32)C1=O. The summed E-state index contributed by atoms with van der Waals surface area (Å²) in [6.07, 6.45) is 0.120. The van der Waals surface area contributed by atoms with Crippen LogP contribution in [0.25, 0.3) is 10.8 Å². The van der Waals surface area contributed by atoms with Gasteiger partial charge in [0.05, 0.1) is 11.4 Å². The maximum absolute atomic E-state index is 13.4. The highest BCUT2D eigenvalue weighted by atomic mass is 16.2. The van der Waals surface area contributed by atoms with E-state index in [0.717, 1.165) is 15.7 Å². The van der Waals surface area contributed by atoms with Crippen LogP contribution in [-0.4, -0.2) is 41.7 Å². The number of nitrogens with one attached hydrogen (secondary N) is 2. The molecule has 3 aromatic carbocycles. The van der Waals surface area contributed by atoms with Gasteiger partial charge in [-0.15, -0.1) is 0 Å². The van der Waals surface area contributed by atoms with E-state index >= 15 is 0 Å². The van der Waals surface area contributed by atoms with Gasteiger partial charge < -0.3 is 15.5 Å². The summed E-state index contributed by atoms with van der Waals surface area (Å²) in [5, 5.41) is 7.51. The van der Waals surface area contributed by atoms with E-state index in [4.69, 9.17) is 0 Å². The molecule has 1 unspecified atom stereocenters. The number of para-hydroxylation sites is 2. The van der Waals surface area contributed by atoms with Gasteiger partial charge in [0.25, 0.3) is 5.91 Å². The Morgan fingerprint density at radius 3 is 2.52 bits per heavy atom. The molecule has 0 saturated carbocycles. The molecule has 33 heavy (non-hydrogen) atoms. The highest BCUT2D eigenvalue weighted by Gasteiger charge is 2.50. The lowest BCUT2D eigenvalue weighted by molar-refractivity contribution is -0.134. The first-order valence-corrected chi connectivity index (χ1v) is 10.7. The van der Waals surface area contributed by atoms with Gasteiger partial charge in [-0.3, -0.25) is 19.3 Å². The first kappa shape index (κ1) is 20.7. The van der Waals surface area contributed by atoms with Gasteiger partial charge in [0.2, 0.25) is 11.8 Å². The molecule has 0 bridgehead atoms. The number of fused-ring (bicyclic) bond motifs is 2. The Morgan fingerprint density at radius 2 is 1.70 bits per heavy atom. The molecule has 3 aromatic rings. The molecular weight excluding hydrogens is 420 g/mol. The van der Waals surface area contributed by atoms with Crippen LogP contribution < -0.4 is 15.5 Å². The number of urea groups is 1. The minimum absolute atomic E-state index is 0.120. The first-order chi connectivity index (χ1) is 15.9. The molecule has 8 nitrogen and oxygen atoms in total.